The van der Waals surface area contributed by atoms with Gasteiger partial charge in [-0.25, -0.2) is 9.97 Å². The summed E-state index contributed by atoms with van der Waals surface area (Å²) in [7, 11) is 0. The summed E-state index contributed by atoms with van der Waals surface area (Å²) in [5.41, 5.74) is 3.99. The maximum Gasteiger partial charge on any atom is 0.179 e. The summed E-state index contributed by atoms with van der Waals surface area (Å²) in [6.07, 6.45) is 3.36. The molecule has 0 bridgehead atoms. The Bertz CT molecular complexity index is 468. The molecular weight excluding hydrogens is 277 g/mol. The number of aromatic nitrogens is 3. The number of hydrogen-bond donors (Lipinski definition) is 0. The third-order valence-corrected chi connectivity index (χ3v) is 3.16. The summed E-state index contributed by atoms with van der Waals surface area (Å²) < 4.78 is 1.00. The zero-order valence-electron chi connectivity index (χ0n) is 7.37. The number of halogens is 1. The van der Waals surface area contributed by atoms with E-state index in [1.807, 2.05) is 0 Å². The molecule has 2 aromatic rings. The molecule has 0 aliphatic rings. The van der Waals surface area contributed by atoms with E-state index in [9.17, 15) is 0 Å². The zero-order chi connectivity index (χ0) is 9.42. The van der Waals surface area contributed by atoms with E-state index >= 15 is 0 Å². The van der Waals surface area contributed by atoms with Gasteiger partial charge in [0.25, 0.3) is 0 Å². The highest BCUT2D eigenvalue weighted by molar-refractivity contribution is 14.1. The number of nitrogens with zero attached hydrogens (tertiary/aromatic N) is 3. The van der Waals surface area contributed by atoms with Gasteiger partial charge in [-0.1, -0.05) is 0 Å². The molecule has 13 heavy (non-hydrogen) atoms. The van der Waals surface area contributed by atoms with Crippen molar-refractivity contribution >= 4 is 33.8 Å². The van der Waals surface area contributed by atoms with Gasteiger partial charge in [0.15, 0.2) is 5.65 Å². The van der Waals surface area contributed by atoms with Crippen molar-refractivity contribution in [1.29, 1.82) is 0 Å². The van der Waals surface area contributed by atoms with E-state index in [-0.39, 0.29) is 0 Å². The Balaban J connectivity index is 2.94. The first kappa shape index (κ1) is 8.80. The maximum atomic E-state index is 4.35. The van der Waals surface area contributed by atoms with E-state index in [1.165, 1.54) is 11.1 Å². The molecule has 0 fully saturated rings. The van der Waals surface area contributed by atoms with Gasteiger partial charge in [0.1, 0.15) is 9.22 Å². The topological polar surface area (TPSA) is 38.7 Å². The van der Waals surface area contributed by atoms with Crippen molar-refractivity contribution in [2.24, 2.45) is 0 Å². The molecule has 0 unspecified atom stereocenters. The predicted molar refractivity (Wildman–Crippen MR) is 59.5 cm³/mol. The molecule has 0 saturated carbocycles. The second-order valence-corrected chi connectivity index (χ2v) is 3.90. The fourth-order valence-corrected chi connectivity index (χ4v) is 1.82. The van der Waals surface area contributed by atoms with Crippen LogP contribution in [-0.2, 0) is 0 Å². The largest absolute Gasteiger partial charge is 0.251 e. The van der Waals surface area contributed by atoms with Crippen molar-refractivity contribution in [3.63, 3.8) is 0 Å². The Labute approximate surface area is 89.8 Å². The van der Waals surface area contributed by atoms with E-state index in [2.05, 4.69) is 51.4 Å². The van der Waals surface area contributed by atoms with E-state index < -0.39 is 0 Å². The molecule has 0 aliphatic heterocycles. The van der Waals surface area contributed by atoms with Gasteiger partial charge < -0.3 is 0 Å². The summed E-state index contributed by atoms with van der Waals surface area (Å²) in [6.45, 7) is 4.11. The molecule has 4 heteroatoms. The summed E-state index contributed by atoms with van der Waals surface area (Å²) in [4.78, 5) is 12.8. The Hall–Kier alpha value is -0.780. The lowest BCUT2D eigenvalue weighted by Gasteiger charge is -2.04. The van der Waals surface area contributed by atoms with Crippen LogP contribution >= 0.6 is 22.6 Å². The number of aryl methyl sites for hydroxylation is 1. The average molecular weight is 285 g/mol. The van der Waals surface area contributed by atoms with Crippen LogP contribution in [0, 0.1) is 17.5 Å². The van der Waals surface area contributed by atoms with Crippen molar-refractivity contribution < 1.29 is 0 Å². The highest BCUT2D eigenvalue weighted by atomic mass is 127. The normalized spacial score (nSPS) is 10.7. The first-order chi connectivity index (χ1) is 6.20. The van der Waals surface area contributed by atoms with Crippen LogP contribution in [-0.4, -0.2) is 15.0 Å². The third kappa shape index (κ3) is 1.39. The standard InChI is InChI=1S/C9H8IN3/c1-5-6(2)8(10)13-9-7(5)11-3-4-12-9/h3-4H,1-2H3. The lowest BCUT2D eigenvalue weighted by Crippen LogP contribution is -1.96. The Kier molecular flexibility index (Phi) is 2.15. The Morgan fingerprint density at radius 1 is 1.08 bits per heavy atom. The molecule has 0 aromatic carbocycles. The van der Waals surface area contributed by atoms with Crippen molar-refractivity contribution in [1.82, 2.24) is 15.0 Å². The molecular formula is C9H8IN3. The van der Waals surface area contributed by atoms with Gasteiger partial charge in [0.2, 0.25) is 0 Å². The minimum atomic E-state index is 0.731. The molecule has 0 amide bonds. The summed E-state index contributed by atoms with van der Waals surface area (Å²) in [6, 6.07) is 0. The van der Waals surface area contributed by atoms with Crippen molar-refractivity contribution in [2.45, 2.75) is 13.8 Å². The van der Waals surface area contributed by atoms with Gasteiger partial charge in [-0.2, -0.15) is 0 Å². The smallest absolute Gasteiger partial charge is 0.179 e. The van der Waals surface area contributed by atoms with Crippen molar-refractivity contribution in [2.75, 3.05) is 0 Å². The van der Waals surface area contributed by atoms with Crippen LogP contribution in [0.5, 0.6) is 0 Å². The third-order valence-electron chi connectivity index (χ3n) is 2.11. The molecule has 0 spiro atoms. The SMILES string of the molecule is Cc1c(I)nc2nccnc2c1C. The summed E-state index contributed by atoms with van der Waals surface area (Å²) >= 11 is 2.22. The maximum absolute atomic E-state index is 4.35. The lowest BCUT2D eigenvalue weighted by molar-refractivity contribution is 1.15. The first-order valence-electron chi connectivity index (χ1n) is 3.93. The van der Waals surface area contributed by atoms with Crippen LogP contribution in [0.2, 0.25) is 0 Å². The minimum absolute atomic E-state index is 0.731. The second-order valence-electron chi connectivity index (χ2n) is 2.88. The Morgan fingerprint density at radius 3 is 2.54 bits per heavy atom. The Morgan fingerprint density at radius 2 is 1.77 bits per heavy atom. The summed E-state index contributed by atoms with van der Waals surface area (Å²) in [5, 5.41) is 0. The zero-order valence-corrected chi connectivity index (χ0v) is 9.53. The predicted octanol–water partition coefficient (Wildman–Crippen LogP) is 2.25. The van der Waals surface area contributed by atoms with Gasteiger partial charge in [-0.3, -0.25) is 4.98 Å². The fourth-order valence-electron chi connectivity index (χ4n) is 1.19. The van der Waals surface area contributed by atoms with Crippen LogP contribution < -0.4 is 0 Å². The molecule has 0 saturated heterocycles. The van der Waals surface area contributed by atoms with Crippen LogP contribution in [0.15, 0.2) is 12.4 Å². The highest BCUT2D eigenvalue weighted by Crippen LogP contribution is 2.19. The average Bonchev–Trinajstić information content (AvgIpc) is 2.15. The van der Waals surface area contributed by atoms with Crippen LogP contribution in [0.4, 0.5) is 0 Å². The van der Waals surface area contributed by atoms with Crippen LogP contribution in [0.3, 0.4) is 0 Å². The molecule has 0 N–H and O–H groups in total. The highest BCUT2D eigenvalue weighted by Gasteiger charge is 2.06. The quantitative estimate of drug-likeness (QED) is 0.550. The minimum Gasteiger partial charge on any atom is -0.251 e. The van der Waals surface area contributed by atoms with Gasteiger partial charge >= 0.3 is 0 Å². The van der Waals surface area contributed by atoms with E-state index in [1.54, 1.807) is 12.4 Å². The van der Waals surface area contributed by atoms with Gasteiger partial charge in [0, 0.05) is 12.4 Å². The van der Waals surface area contributed by atoms with Crippen LogP contribution in [0.25, 0.3) is 11.2 Å². The van der Waals surface area contributed by atoms with Crippen molar-refractivity contribution in [3.05, 3.63) is 27.2 Å². The number of rotatable bonds is 0. The molecule has 2 rings (SSSR count). The first-order valence-corrected chi connectivity index (χ1v) is 5.01. The van der Waals surface area contributed by atoms with Crippen molar-refractivity contribution in [3.8, 4) is 0 Å². The molecule has 0 radical (unpaired) electrons. The fraction of sp³-hybridized carbons (Fsp3) is 0.222. The van der Waals surface area contributed by atoms with E-state index in [0.717, 1.165) is 14.9 Å². The number of fused-ring (bicyclic) bond motifs is 1. The lowest BCUT2D eigenvalue weighted by atomic mass is 10.1. The number of pyridine rings is 1. The second kappa shape index (κ2) is 3.17. The molecule has 66 valence electrons. The van der Waals surface area contributed by atoms with Crippen LogP contribution in [0.1, 0.15) is 11.1 Å². The monoisotopic (exact) mass is 285 g/mol. The number of hydrogen-bond acceptors (Lipinski definition) is 3. The molecule has 3 nitrogen and oxygen atoms in total. The van der Waals surface area contributed by atoms with E-state index in [4.69, 9.17) is 0 Å². The van der Waals surface area contributed by atoms with Gasteiger partial charge in [-0.05, 0) is 47.6 Å². The molecule has 0 atom stereocenters. The molecule has 2 aromatic heterocycles. The van der Waals surface area contributed by atoms with Gasteiger partial charge in [-0.15, -0.1) is 0 Å². The molecule has 2 heterocycles. The van der Waals surface area contributed by atoms with Gasteiger partial charge in [0.05, 0.1) is 0 Å². The molecule has 0 aliphatic carbocycles. The summed E-state index contributed by atoms with van der Waals surface area (Å²) in [5.74, 6) is 0. The van der Waals surface area contributed by atoms with E-state index in [0.29, 0.717) is 0 Å².